The van der Waals surface area contributed by atoms with Crippen LogP contribution < -0.4 is 5.32 Å². The zero-order valence-electron chi connectivity index (χ0n) is 15.4. The second-order valence-corrected chi connectivity index (χ2v) is 7.05. The van der Waals surface area contributed by atoms with E-state index in [2.05, 4.69) is 41.5 Å². The third-order valence-corrected chi connectivity index (χ3v) is 4.91. The molecular formula is C23H28N2O. The van der Waals surface area contributed by atoms with E-state index in [0.717, 1.165) is 37.8 Å². The average Bonchev–Trinajstić information content (AvgIpc) is 2.70. The summed E-state index contributed by atoms with van der Waals surface area (Å²) in [6, 6.07) is 19.0. The van der Waals surface area contributed by atoms with E-state index in [1.165, 1.54) is 16.3 Å². The van der Waals surface area contributed by atoms with Crippen molar-refractivity contribution in [3.8, 4) is 0 Å². The Bertz CT molecular complexity index is 803. The zero-order chi connectivity index (χ0) is 18.2. The fourth-order valence-electron chi connectivity index (χ4n) is 3.27. The second-order valence-electron chi connectivity index (χ2n) is 7.05. The van der Waals surface area contributed by atoms with Gasteiger partial charge < -0.3 is 10.4 Å². The molecule has 2 atom stereocenters. The van der Waals surface area contributed by atoms with Crippen molar-refractivity contribution >= 4 is 10.8 Å². The maximum atomic E-state index is 10.2. The van der Waals surface area contributed by atoms with Crippen LogP contribution in [0.25, 0.3) is 10.8 Å². The first-order chi connectivity index (χ1) is 12.7. The summed E-state index contributed by atoms with van der Waals surface area (Å²) >= 11 is 0. The van der Waals surface area contributed by atoms with Crippen molar-refractivity contribution in [2.45, 2.75) is 51.3 Å². The van der Waals surface area contributed by atoms with E-state index in [9.17, 15) is 5.11 Å². The van der Waals surface area contributed by atoms with Gasteiger partial charge in [-0.3, -0.25) is 4.98 Å². The van der Waals surface area contributed by atoms with Gasteiger partial charge in [0.25, 0.3) is 0 Å². The number of nitrogens with zero attached hydrogens (tertiary/aromatic N) is 1. The fourth-order valence-corrected chi connectivity index (χ4v) is 3.27. The molecule has 0 bridgehead atoms. The van der Waals surface area contributed by atoms with Gasteiger partial charge in [0.1, 0.15) is 0 Å². The number of hydrogen-bond acceptors (Lipinski definition) is 3. The molecule has 0 saturated heterocycles. The first-order valence-corrected chi connectivity index (χ1v) is 9.51. The molecule has 136 valence electrons. The van der Waals surface area contributed by atoms with Gasteiger partial charge in [0.05, 0.1) is 6.10 Å². The van der Waals surface area contributed by atoms with Crippen LogP contribution in [0, 0.1) is 0 Å². The van der Waals surface area contributed by atoms with Gasteiger partial charge in [-0.2, -0.15) is 0 Å². The molecule has 0 amide bonds. The van der Waals surface area contributed by atoms with Gasteiger partial charge in [0.2, 0.25) is 0 Å². The summed E-state index contributed by atoms with van der Waals surface area (Å²) in [6.45, 7) is 3.12. The Morgan fingerprint density at radius 2 is 1.77 bits per heavy atom. The van der Waals surface area contributed by atoms with Crippen LogP contribution >= 0.6 is 0 Å². The highest BCUT2D eigenvalue weighted by molar-refractivity contribution is 5.81. The van der Waals surface area contributed by atoms with Gasteiger partial charge in [-0.25, -0.2) is 0 Å². The molecular weight excluding hydrogens is 320 g/mol. The third-order valence-electron chi connectivity index (χ3n) is 4.91. The highest BCUT2D eigenvalue weighted by Crippen LogP contribution is 2.19. The van der Waals surface area contributed by atoms with E-state index < -0.39 is 0 Å². The van der Waals surface area contributed by atoms with E-state index in [-0.39, 0.29) is 6.10 Å². The predicted molar refractivity (Wildman–Crippen MR) is 108 cm³/mol. The minimum absolute atomic E-state index is 0.341. The Labute approximate surface area is 156 Å². The quantitative estimate of drug-likeness (QED) is 0.535. The number of pyridine rings is 1. The Kier molecular flexibility index (Phi) is 6.75. The molecule has 0 unspecified atom stereocenters. The number of unbranched alkanes of at least 4 members (excludes halogenated alkanes) is 1. The van der Waals surface area contributed by atoms with Gasteiger partial charge >= 0.3 is 0 Å². The Morgan fingerprint density at radius 1 is 0.962 bits per heavy atom. The van der Waals surface area contributed by atoms with Crippen molar-refractivity contribution in [2.24, 2.45) is 0 Å². The van der Waals surface area contributed by atoms with Crippen LogP contribution in [0.5, 0.6) is 0 Å². The standard InChI is InChI=1S/C23H28N2O/c1-18(7-5-6-10-23(26)20-8-3-2-4-9-20)25-16-19-11-12-22-17-24-14-13-21(22)15-19/h2-4,8-9,11-15,17-18,23,25-26H,5-7,10,16H2,1H3/t18-,23-/m1/s1. The lowest BCUT2D eigenvalue weighted by Crippen LogP contribution is -2.25. The molecule has 1 aromatic heterocycles. The Hall–Kier alpha value is -2.23. The van der Waals surface area contributed by atoms with Crippen LogP contribution in [0.4, 0.5) is 0 Å². The van der Waals surface area contributed by atoms with Gasteiger partial charge in [0, 0.05) is 30.4 Å². The molecule has 26 heavy (non-hydrogen) atoms. The summed E-state index contributed by atoms with van der Waals surface area (Å²) in [5.74, 6) is 0. The van der Waals surface area contributed by atoms with Crippen LogP contribution in [-0.4, -0.2) is 16.1 Å². The Balaban J connectivity index is 1.36. The van der Waals surface area contributed by atoms with Crippen molar-refractivity contribution in [1.82, 2.24) is 10.3 Å². The summed E-state index contributed by atoms with van der Waals surface area (Å²) in [4.78, 5) is 4.16. The average molecular weight is 348 g/mol. The summed E-state index contributed by atoms with van der Waals surface area (Å²) < 4.78 is 0. The molecule has 1 heterocycles. The first-order valence-electron chi connectivity index (χ1n) is 9.51. The number of rotatable bonds is 9. The number of hydrogen-bond donors (Lipinski definition) is 2. The van der Waals surface area contributed by atoms with E-state index in [1.807, 2.05) is 42.7 Å². The number of aliphatic hydroxyl groups is 1. The molecule has 2 aromatic carbocycles. The van der Waals surface area contributed by atoms with Crippen molar-refractivity contribution in [3.63, 3.8) is 0 Å². The highest BCUT2D eigenvalue weighted by atomic mass is 16.3. The lowest BCUT2D eigenvalue weighted by molar-refractivity contribution is 0.163. The van der Waals surface area contributed by atoms with E-state index in [0.29, 0.717) is 6.04 Å². The molecule has 2 N–H and O–H groups in total. The molecule has 3 aromatic rings. The molecule has 0 spiro atoms. The van der Waals surface area contributed by atoms with Crippen LogP contribution in [0.3, 0.4) is 0 Å². The predicted octanol–water partition coefficient (Wildman–Crippen LogP) is 5.01. The van der Waals surface area contributed by atoms with Crippen LogP contribution in [-0.2, 0) is 6.54 Å². The Morgan fingerprint density at radius 3 is 2.62 bits per heavy atom. The van der Waals surface area contributed by atoms with Crippen molar-refractivity contribution < 1.29 is 5.11 Å². The largest absolute Gasteiger partial charge is 0.388 e. The maximum Gasteiger partial charge on any atom is 0.0790 e. The van der Waals surface area contributed by atoms with Crippen LogP contribution in [0.2, 0.25) is 0 Å². The third kappa shape index (κ3) is 5.38. The van der Waals surface area contributed by atoms with Crippen molar-refractivity contribution in [3.05, 3.63) is 78.1 Å². The number of aliphatic hydroxyl groups excluding tert-OH is 1. The van der Waals surface area contributed by atoms with Crippen LogP contribution in [0.1, 0.15) is 49.8 Å². The van der Waals surface area contributed by atoms with Crippen LogP contribution in [0.15, 0.2) is 67.0 Å². The van der Waals surface area contributed by atoms with Gasteiger partial charge in [0.15, 0.2) is 0 Å². The minimum Gasteiger partial charge on any atom is -0.388 e. The smallest absolute Gasteiger partial charge is 0.0790 e. The van der Waals surface area contributed by atoms with E-state index >= 15 is 0 Å². The normalized spacial score (nSPS) is 13.6. The molecule has 0 aliphatic carbocycles. The topological polar surface area (TPSA) is 45.1 Å². The molecule has 3 heteroatoms. The summed E-state index contributed by atoms with van der Waals surface area (Å²) in [5.41, 5.74) is 2.32. The molecule has 0 radical (unpaired) electrons. The minimum atomic E-state index is -0.341. The fraction of sp³-hybridized carbons (Fsp3) is 0.348. The molecule has 0 aliphatic heterocycles. The van der Waals surface area contributed by atoms with Gasteiger partial charge in [-0.1, -0.05) is 55.3 Å². The highest BCUT2D eigenvalue weighted by Gasteiger charge is 2.07. The zero-order valence-corrected chi connectivity index (χ0v) is 15.4. The second kappa shape index (κ2) is 9.46. The summed E-state index contributed by atoms with van der Waals surface area (Å²) in [5, 5.41) is 16.2. The van der Waals surface area contributed by atoms with E-state index in [1.54, 1.807) is 0 Å². The van der Waals surface area contributed by atoms with E-state index in [4.69, 9.17) is 0 Å². The number of fused-ring (bicyclic) bond motifs is 1. The molecule has 0 aliphatic rings. The number of nitrogens with one attached hydrogen (secondary N) is 1. The maximum absolute atomic E-state index is 10.2. The number of aromatic nitrogens is 1. The van der Waals surface area contributed by atoms with Gasteiger partial charge in [-0.15, -0.1) is 0 Å². The summed E-state index contributed by atoms with van der Waals surface area (Å²) in [6.07, 6.45) is 7.53. The molecule has 3 nitrogen and oxygen atoms in total. The summed E-state index contributed by atoms with van der Waals surface area (Å²) in [7, 11) is 0. The van der Waals surface area contributed by atoms with Gasteiger partial charge in [-0.05, 0) is 48.4 Å². The molecule has 3 rings (SSSR count). The number of benzene rings is 2. The monoisotopic (exact) mass is 348 g/mol. The first kappa shape index (κ1) is 18.6. The lowest BCUT2D eigenvalue weighted by Gasteiger charge is -2.15. The molecule has 0 fully saturated rings. The van der Waals surface area contributed by atoms with Crippen molar-refractivity contribution in [1.29, 1.82) is 0 Å². The van der Waals surface area contributed by atoms with Crippen molar-refractivity contribution in [2.75, 3.05) is 0 Å². The SMILES string of the molecule is C[C@H](CCCC[C@@H](O)c1ccccc1)NCc1ccc2cnccc2c1. The molecule has 0 saturated carbocycles. The lowest BCUT2D eigenvalue weighted by atomic mass is 10.0.